The Morgan fingerprint density at radius 1 is 1.37 bits per heavy atom. The number of rotatable bonds is 4. The zero-order valence-electron chi connectivity index (χ0n) is 11.4. The van der Waals surface area contributed by atoms with Gasteiger partial charge in [-0.15, -0.1) is 0 Å². The summed E-state index contributed by atoms with van der Waals surface area (Å²) in [4.78, 5) is 0. The van der Waals surface area contributed by atoms with Crippen molar-refractivity contribution in [1.29, 1.82) is 0 Å². The Kier molecular flexibility index (Phi) is 3.47. The van der Waals surface area contributed by atoms with E-state index in [0.29, 0.717) is 17.9 Å². The molecule has 19 heavy (non-hydrogen) atoms. The first-order valence-corrected chi connectivity index (χ1v) is 7.19. The van der Waals surface area contributed by atoms with Gasteiger partial charge in [0.05, 0.1) is 6.26 Å². The molecule has 0 aliphatic carbocycles. The number of hydrogen-bond donors (Lipinski definition) is 2. The van der Waals surface area contributed by atoms with Crippen molar-refractivity contribution in [2.45, 2.75) is 44.4 Å². The summed E-state index contributed by atoms with van der Waals surface area (Å²) < 4.78 is 5.66. The summed E-state index contributed by atoms with van der Waals surface area (Å²) >= 11 is 0. The molecule has 0 radical (unpaired) electrons. The Morgan fingerprint density at radius 3 is 3.05 bits per heavy atom. The molecule has 4 atom stereocenters. The Morgan fingerprint density at radius 2 is 2.21 bits per heavy atom. The van der Waals surface area contributed by atoms with E-state index in [1.165, 1.54) is 24.1 Å². The average molecular weight is 258 g/mol. The van der Waals surface area contributed by atoms with E-state index in [1.807, 2.05) is 6.26 Å². The lowest BCUT2D eigenvalue weighted by molar-refractivity contribution is 0.140. The number of nitrogens with one attached hydrogen (secondary N) is 1. The molecule has 0 fully saturated rings. The highest BCUT2D eigenvalue weighted by Crippen LogP contribution is 2.44. The van der Waals surface area contributed by atoms with Gasteiger partial charge in [-0.2, -0.15) is 0 Å². The van der Waals surface area contributed by atoms with Crippen LogP contribution in [0.25, 0.3) is 0 Å². The first-order valence-electron chi connectivity index (χ1n) is 7.19. The minimum atomic E-state index is 0.107. The van der Waals surface area contributed by atoms with Crippen LogP contribution in [-0.2, 0) is 4.74 Å². The van der Waals surface area contributed by atoms with Crippen molar-refractivity contribution in [1.82, 2.24) is 0 Å². The molecule has 2 aliphatic heterocycles. The fourth-order valence-corrected chi connectivity index (χ4v) is 3.21. The van der Waals surface area contributed by atoms with Crippen molar-refractivity contribution in [3.05, 3.63) is 42.2 Å². The molecule has 4 unspecified atom stereocenters. The summed E-state index contributed by atoms with van der Waals surface area (Å²) in [5, 5.41) is 3.48. The molecule has 0 spiro atoms. The summed E-state index contributed by atoms with van der Waals surface area (Å²) in [6, 6.07) is 8.88. The summed E-state index contributed by atoms with van der Waals surface area (Å²) in [7, 11) is 0. The van der Waals surface area contributed by atoms with E-state index in [1.54, 1.807) is 0 Å². The van der Waals surface area contributed by atoms with E-state index in [-0.39, 0.29) is 6.23 Å². The van der Waals surface area contributed by atoms with E-state index >= 15 is 0 Å². The topological polar surface area (TPSA) is 47.3 Å². The highest BCUT2D eigenvalue weighted by Gasteiger charge is 2.37. The van der Waals surface area contributed by atoms with Crippen molar-refractivity contribution in [3.63, 3.8) is 0 Å². The second-order valence-corrected chi connectivity index (χ2v) is 5.71. The minimum Gasteiger partial charge on any atom is -0.478 e. The second-order valence-electron chi connectivity index (χ2n) is 5.71. The summed E-state index contributed by atoms with van der Waals surface area (Å²) in [6.07, 6.45) is 7.59. The van der Waals surface area contributed by atoms with Crippen LogP contribution in [0.4, 0.5) is 5.69 Å². The predicted molar refractivity (Wildman–Crippen MR) is 77.8 cm³/mol. The van der Waals surface area contributed by atoms with Gasteiger partial charge in [-0.3, -0.25) is 0 Å². The van der Waals surface area contributed by atoms with Gasteiger partial charge in [-0.05, 0) is 43.4 Å². The molecule has 0 aromatic heterocycles. The van der Waals surface area contributed by atoms with Crippen LogP contribution < -0.4 is 11.1 Å². The molecule has 0 saturated carbocycles. The predicted octanol–water partition coefficient (Wildman–Crippen LogP) is 3.20. The van der Waals surface area contributed by atoms with Gasteiger partial charge in [0.25, 0.3) is 0 Å². The van der Waals surface area contributed by atoms with Crippen molar-refractivity contribution >= 4 is 5.69 Å². The van der Waals surface area contributed by atoms with E-state index in [4.69, 9.17) is 10.5 Å². The maximum atomic E-state index is 5.86. The van der Waals surface area contributed by atoms with Crippen LogP contribution in [-0.4, -0.2) is 12.3 Å². The van der Waals surface area contributed by atoms with Gasteiger partial charge >= 0.3 is 0 Å². The lowest BCUT2D eigenvalue weighted by Crippen LogP contribution is -2.35. The molecule has 3 heteroatoms. The van der Waals surface area contributed by atoms with Crippen molar-refractivity contribution in [2.75, 3.05) is 5.32 Å². The van der Waals surface area contributed by atoms with Gasteiger partial charge in [0, 0.05) is 17.6 Å². The van der Waals surface area contributed by atoms with Gasteiger partial charge < -0.3 is 15.8 Å². The van der Waals surface area contributed by atoms with Crippen LogP contribution in [0.15, 0.2) is 36.6 Å². The summed E-state index contributed by atoms with van der Waals surface area (Å²) in [5.41, 5.74) is 8.50. The van der Waals surface area contributed by atoms with Crippen LogP contribution >= 0.6 is 0 Å². The zero-order valence-corrected chi connectivity index (χ0v) is 11.4. The van der Waals surface area contributed by atoms with Gasteiger partial charge in [0.1, 0.15) is 0 Å². The molecule has 3 nitrogen and oxygen atoms in total. The molecule has 2 heterocycles. The highest BCUT2D eigenvalue weighted by molar-refractivity contribution is 5.56. The third-order valence-electron chi connectivity index (χ3n) is 4.17. The average Bonchev–Trinajstić information content (AvgIpc) is 2.85. The number of ether oxygens (including phenoxy) is 1. The molecule has 0 bridgehead atoms. The van der Waals surface area contributed by atoms with Crippen LogP contribution in [0.1, 0.15) is 37.7 Å². The van der Waals surface area contributed by atoms with Crippen LogP contribution in [0.5, 0.6) is 0 Å². The number of para-hydroxylation sites is 1. The lowest BCUT2D eigenvalue weighted by Gasteiger charge is -2.35. The third kappa shape index (κ3) is 2.47. The Balaban J connectivity index is 1.80. The standard InChI is InChI=1S/C16H22N2O/c1-11(17)5-4-7-12-13-6-2-3-8-15(13)18-16-14(12)9-10-19-16/h2-3,6,8-12,14,16,18H,4-5,7,17H2,1H3. The monoisotopic (exact) mass is 258 g/mol. The van der Waals surface area contributed by atoms with Crippen LogP contribution in [0.3, 0.4) is 0 Å². The molecule has 1 aromatic rings. The fraction of sp³-hybridized carbons (Fsp3) is 0.500. The fourth-order valence-electron chi connectivity index (χ4n) is 3.21. The summed E-state index contributed by atoms with van der Waals surface area (Å²) in [6.45, 7) is 2.08. The van der Waals surface area contributed by atoms with E-state index in [0.717, 1.165) is 6.42 Å². The lowest BCUT2D eigenvalue weighted by atomic mass is 9.78. The zero-order chi connectivity index (χ0) is 13.2. The van der Waals surface area contributed by atoms with Gasteiger partial charge in [-0.1, -0.05) is 24.6 Å². The Labute approximate surface area is 114 Å². The molecule has 102 valence electrons. The normalized spacial score (nSPS) is 29.1. The van der Waals surface area contributed by atoms with Gasteiger partial charge in [0.15, 0.2) is 6.23 Å². The minimum absolute atomic E-state index is 0.107. The Hall–Kier alpha value is -1.48. The Bertz CT molecular complexity index is 470. The van der Waals surface area contributed by atoms with E-state index in [9.17, 15) is 0 Å². The smallest absolute Gasteiger partial charge is 0.176 e. The van der Waals surface area contributed by atoms with Crippen molar-refractivity contribution in [2.24, 2.45) is 11.7 Å². The van der Waals surface area contributed by atoms with Crippen LogP contribution in [0, 0.1) is 5.92 Å². The highest BCUT2D eigenvalue weighted by atomic mass is 16.5. The molecule has 0 saturated heterocycles. The number of nitrogens with two attached hydrogens (primary N) is 1. The van der Waals surface area contributed by atoms with Crippen molar-refractivity contribution in [3.8, 4) is 0 Å². The van der Waals surface area contributed by atoms with Gasteiger partial charge in [-0.25, -0.2) is 0 Å². The quantitative estimate of drug-likeness (QED) is 0.872. The first-order chi connectivity index (χ1) is 9.25. The molecular weight excluding hydrogens is 236 g/mol. The first kappa shape index (κ1) is 12.5. The number of benzene rings is 1. The molecular formula is C16H22N2O. The molecule has 2 aliphatic rings. The van der Waals surface area contributed by atoms with E-state index in [2.05, 4.69) is 42.6 Å². The number of anilines is 1. The van der Waals surface area contributed by atoms with E-state index < -0.39 is 0 Å². The number of fused-ring (bicyclic) bond motifs is 2. The second kappa shape index (κ2) is 5.25. The largest absolute Gasteiger partial charge is 0.478 e. The molecule has 0 amide bonds. The van der Waals surface area contributed by atoms with Crippen molar-refractivity contribution < 1.29 is 4.74 Å². The SMILES string of the molecule is CC(N)CCCC1c2ccccc2NC2OC=CC21. The van der Waals surface area contributed by atoms with Gasteiger partial charge in [0.2, 0.25) is 0 Å². The number of hydrogen-bond acceptors (Lipinski definition) is 3. The third-order valence-corrected chi connectivity index (χ3v) is 4.17. The summed E-state index contributed by atoms with van der Waals surface area (Å²) in [5.74, 6) is 0.989. The molecule has 3 N–H and O–H groups in total. The molecule has 1 aromatic carbocycles. The van der Waals surface area contributed by atoms with Crippen LogP contribution in [0.2, 0.25) is 0 Å². The maximum Gasteiger partial charge on any atom is 0.176 e. The maximum absolute atomic E-state index is 5.86. The molecule has 3 rings (SSSR count).